The predicted molar refractivity (Wildman–Crippen MR) is 154 cm³/mol. The first kappa shape index (κ1) is 27.2. The number of benzene rings is 1. The summed E-state index contributed by atoms with van der Waals surface area (Å²) in [6.45, 7) is 15.4. The Morgan fingerprint density at radius 1 is 0.919 bits per heavy atom. The van der Waals surface area contributed by atoms with Gasteiger partial charge < -0.3 is 14.2 Å². The van der Waals surface area contributed by atoms with Gasteiger partial charge in [0.1, 0.15) is 30.0 Å². The van der Waals surface area contributed by atoms with Gasteiger partial charge in [0.15, 0.2) is 6.79 Å². The number of fused-ring (bicyclic) bond motifs is 2. The van der Waals surface area contributed by atoms with E-state index in [9.17, 15) is 4.79 Å². The van der Waals surface area contributed by atoms with Crippen molar-refractivity contribution < 1.29 is 14.2 Å². The van der Waals surface area contributed by atoms with Gasteiger partial charge in [0.05, 0.1) is 17.3 Å². The monoisotopic (exact) mass is 538 g/mol. The molecule has 4 aromatic rings. The van der Waals surface area contributed by atoms with E-state index in [4.69, 9.17) is 14.2 Å². The van der Waals surface area contributed by atoms with E-state index in [0.717, 1.165) is 29.0 Å². The van der Waals surface area contributed by atoms with Gasteiger partial charge in [0.25, 0.3) is 5.56 Å². The molecule has 0 saturated carbocycles. The lowest BCUT2D eigenvalue weighted by Gasteiger charge is -2.17. The molecule has 0 spiro atoms. The van der Waals surface area contributed by atoms with Crippen molar-refractivity contribution in [3.8, 4) is 17.0 Å². The van der Waals surface area contributed by atoms with Gasteiger partial charge in [-0.1, -0.05) is 45.3 Å². The minimum Gasteiger partial charge on any atom is -0.465 e. The summed E-state index contributed by atoms with van der Waals surface area (Å²) in [5.74, 6) is 0.510. The van der Waals surface area contributed by atoms with E-state index in [1.165, 1.54) is 10.9 Å². The van der Waals surface area contributed by atoms with Crippen molar-refractivity contribution in [3.63, 3.8) is 0 Å². The van der Waals surface area contributed by atoms with Crippen LogP contribution in [0.1, 0.15) is 0 Å². The van der Waals surface area contributed by atoms with Crippen molar-refractivity contribution in [1.29, 1.82) is 0 Å². The third kappa shape index (κ3) is 7.16. The fraction of sp³-hybridized carbons (Fsp3) is 0.444. The summed E-state index contributed by atoms with van der Waals surface area (Å²) >= 11 is 0. The Kier molecular flexibility index (Phi) is 8.32. The summed E-state index contributed by atoms with van der Waals surface area (Å²) < 4.78 is 21.2. The van der Waals surface area contributed by atoms with Crippen LogP contribution in [0.5, 0.6) is 5.75 Å². The molecule has 0 bridgehead atoms. The fourth-order valence-corrected chi connectivity index (χ4v) is 5.33. The number of hydrogen-bond acceptors (Lipinski definition) is 6. The Labute approximate surface area is 220 Å². The maximum Gasteiger partial charge on any atom is 0.263 e. The number of ether oxygens (including phenoxy) is 3. The topological polar surface area (TPSA) is 79.9 Å². The summed E-state index contributed by atoms with van der Waals surface area (Å²) in [4.78, 5) is 22.6. The van der Waals surface area contributed by atoms with E-state index in [1.807, 2.05) is 40.9 Å². The van der Waals surface area contributed by atoms with Gasteiger partial charge in [-0.25, -0.2) is 9.97 Å². The smallest absolute Gasteiger partial charge is 0.263 e. The van der Waals surface area contributed by atoms with Crippen molar-refractivity contribution >= 4 is 32.7 Å². The molecule has 0 radical (unpaired) electrons. The molecule has 4 rings (SSSR count). The van der Waals surface area contributed by atoms with Gasteiger partial charge in [-0.05, 0) is 36.4 Å². The number of hydrogen-bond donors (Lipinski definition) is 0. The summed E-state index contributed by atoms with van der Waals surface area (Å²) in [6.07, 6.45) is 5.29. The molecular formula is C27H38N4O4Si2. The molecule has 0 aliphatic heterocycles. The molecular weight excluding hydrogens is 500 g/mol. The molecule has 10 heteroatoms. The van der Waals surface area contributed by atoms with Gasteiger partial charge in [-0.3, -0.25) is 13.8 Å². The average molecular weight is 539 g/mol. The average Bonchev–Trinajstić information content (AvgIpc) is 3.26. The molecule has 3 heterocycles. The SMILES string of the molecule is C[Si](C)(C)CCOCOc1cc(-c2cnc3ccccn23)cc2c(=O)n(COCC[Si](C)(C)C)cnc12. The van der Waals surface area contributed by atoms with Crippen LogP contribution in [0.4, 0.5) is 0 Å². The molecule has 0 aliphatic rings. The maximum atomic E-state index is 13.5. The first-order chi connectivity index (χ1) is 17.5. The minimum absolute atomic E-state index is 0.0980. The molecule has 0 amide bonds. The second-order valence-electron chi connectivity index (χ2n) is 11.8. The fourth-order valence-electron chi connectivity index (χ4n) is 3.82. The molecule has 1 aromatic carbocycles. The first-order valence-corrected chi connectivity index (χ1v) is 20.2. The zero-order valence-corrected chi connectivity index (χ0v) is 24.8. The number of nitrogens with zero attached hydrogens (tertiary/aromatic N) is 4. The molecule has 0 fully saturated rings. The second kappa shape index (κ2) is 11.3. The van der Waals surface area contributed by atoms with Crippen LogP contribution >= 0.6 is 0 Å². The van der Waals surface area contributed by atoms with Crippen LogP contribution in [0.25, 0.3) is 27.8 Å². The van der Waals surface area contributed by atoms with Crippen LogP contribution in [0.15, 0.2) is 53.8 Å². The van der Waals surface area contributed by atoms with Gasteiger partial charge in [-0.2, -0.15) is 0 Å². The number of aromatic nitrogens is 4. The molecule has 0 N–H and O–H groups in total. The molecule has 3 aromatic heterocycles. The Morgan fingerprint density at radius 2 is 1.65 bits per heavy atom. The zero-order valence-electron chi connectivity index (χ0n) is 22.8. The van der Waals surface area contributed by atoms with Crippen molar-refractivity contribution in [2.45, 2.75) is 58.1 Å². The Hall–Kier alpha value is -2.80. The summed E-state index contributed by atoms with van der Waals surface area (Å²) in [5.41, 5.74) is 2.85. The molecule has 198 valence electrons. The lowest BCUT2D eigenvalue weighted by Crippen LogP contribution is -2.25. The number of imidazole rings is 1. The van der Waals surface area contributed by atoms with Crippen molar-refractivity contribution in [2.24, 2.45) is 0 Å². The largest absolute Gasteiger partial charge is 0.465 e. The van der Waals surface area contributed by atoms with Crippen LogP contribution in [-0.4, -0.2) is 55.1 Å². The maximum absolute atomic E-state index is 13.5. The number of pyridine rings is 1. The van der Waals surface area contributed by atoms with E-state index in [1.54, 1.807) is 6.20 Å². The van der Waals surface area contributed by atoms with Crippen LogP contribution < -0.4 is 10.3 Å². The molecule has 0 atom stereocenters. The first-order valence-electron chi connectivity index (χ1n) is 12.8. The Morgan fingerprint density at radius 3 is 2.38 bits per heavy atom. The van der Waals surface area contributed by atoms with Crippen LogP contribution in [0, 0.1) is 0 Å². The van der Waals surface area contributed by atoms with E-state index in [0.29, 0.717) is 29.9 Å². The van der Waals surface area contributed by atoms with E-state index < -0.39 is 16.1 Å². The normalized spacial score (nSPS) is 12.5. The summed E-state index contributed by atoms with van der Waals surface area (Å²) in [5, 5.41) is 0.469. The van der Waals surface area contributed by atoms with Gasteiger partial charge >= 0.3 is 0 Å². The molecule has 0 aliphatic carbocycles. The highest BCUT2D eigenvalue weighted by molar-refractivity contribution is 6.76. The van der Waals surface area contributed by atoms with Crippen LogP contribution in [-0.2, 0) is 16.2 Å². The Balaban J connectivity index is 1.65. The van der Waals surface area contributed by atoms with Crippen LogP contribution in [0.3, 0.4) is 0 Å². The summed E-state index contributed by atoms with van der Waals surface area (Å²) in [6, 6.07) is 11.7. The van der Waals surface area contributed by atoms with Crippen LogP contribution in [0.2, 0.25) is 51.4 Å². The lowest BCUT2D eigenvalue weighted by atomic mass is 10.1. The highest BCUT2D eigenvalue weighted by atomic mass is 28.3. The van der Waals surface area contributed by atoms with E-state index in [2.05, 4.69) is 49.3 Å². The highest BCUT2D eigenvalue weighted by Gasteiger charge is 2.17. The predicted octanol–water partition coefficient (Wildman–Crippen LogP) is 5.71. The molecule has 0 saturated heterocycles. The standard InChI is InChI=1S/C27H38N4O4Si2/c1-36(2,3)13-11-33-19-30-18-29-26-22(27(30)32)15-21(23-17-28-25-9-7-8-10-31(23)25)16-24(26)35-20-34-12-14-37(4,5)6/h7-10,15-18H,11-14,19-20H2,1-6H3. The Bertz CT molecular complexity index is 1420. The zero-order chi connectivity index (χ0) is 26.6. The quantitative estimate of drug-likeness (QED) is 0.130. The van der Waals surface area contributed by atoms with Crippen molar-refractivity contribution in [1.82, 2.24) is 18.9 Å². The third-order valence-electron chi connectivity index (χ3n) is 6.13. The van der Waals surface area contributed by atoms with Gasteiger partial charge in [-0.15, -0.1) is 0 Å². The third-order valence-corrected chi connectivity index (χ3v) is 9.53. The van der Waals surface area contributed by atoms with Crippen molar-refractivity contribution in [2.75, 3.05) is 20.0 Å². The summed E-state index contributed by atoms with van der Waals surface area (Å²) in [7, 11) is -2.41. The van der Waals surface area contributed by atoms with Crippen molar-refractivity contribution in [3.05, 3.63) is 59.4 Å². The van der Waals surface area contributed by atoms with E-state index in [-0.39, 0.29) is 19.1 Å². The number of rotatable bonds is 12. The van der Waals surface area contributed by atoms with E-state index >= 15 is 0 Å². The molecule has 0 unspecified atom stereocenters. The van der Waals surface area contributed by atoms with Gasteiger partial charge in [0.2, 0.25) is 0 Å². The highest BCUT2D eigenvalue weighted by Crippen LogP contribution is 2.30. The molecule has 8 nitrogen and oxygen atoms in total. The second-order valence-corrected chi connectivity index (χ2v) is 23.0. The minimum atomic E-state index is -1.21. The van der Waals surface area contributed by atoms with Gasteiger partial charge in [0, 0.05) is 41.1 Å². The lowest BCUT2D eigenvalue weighted by molar-refractivity contribution is 0.0228. The molecule has 37 heavy (non-hydrogen) atoms.